The lowest BCUT2D eigenvalue weighted by atomic mass is 9.92. The van der Waals surface area contributed by atoms with Crippen LogP contribution in [0.15, 0.2) is 24.3 Å². The Kier molecular flexibility index (Phi) is 5.49. The molecule has 5 nitrogen and oxygen atoms in total. The first kappa shape index (κ1) is 18.7. The second-order valence-electron chi connectivity index (χ2n) is 9.52. The van der Waals surface area contributed by atoms with E-state index >= 15 is 0 Å². The molecular weight excluding hydrogens is 346 g/mol. The van der Waals surface area contributed by atoms with E-state index in [2.05, 4.69) is 50.0 Å². The summed E-state index contributed by atoms with van der Waals surface area (Å²) in [6.45, 7) is 10.9. The highest BCUT2D eigenvalue weighted by molar-refractivity contribution is 5.55. The van der Waals surface area contributed by atoms with Crippen LogP contribution in [0.25, 0.3) is 0 Å². The van der Waals surface area contributed by atoms with Crippen molar-refractivity contribution >= 4 is 11.4 Å². The topological polar surface area (TPSA) is 42.6 Å². The molecule has 3 saturated heterocycles. The first-order valence-electron chi connectivity index (χ1n) is 11.6. The van der Waals surface area contributed by atoms with Gasteiger partial charge in [0.1, 0.15) is 0 Å². The minimum atomic E-state index is 0.626. The Morgan fingerprint density at radius 3 is 2.29 bits per heavy atom. The van der Waals surface area contributed by atoms with Gasteiger partial charge < -0.3 is 20.9 Å². The lowest BCUT2D eigenvalue weighted by molar-refractivity contribution is 0.219. The molecule has 4 fully saturated rings. The Balaban J connectivity index is 1.08. The van der Waals surface area contributed by atoms with Gasteiger partial charge in [0.15, 0.2) is 0 Å². The molecule has 1 aromatic rings. The minimum absolute atomic E-state index is 0.626. The number of piperazine rings is 1. The quantitative estimate of drug-likeness (QED) is 0.728. The van der Waals surface area contributed by atoms with E-state index in [0.29, 0.717) is 6.04 Å². The van der Waals surface area contributed by atoms with Crippen molar-refractivity contribution in [3.05, 3.63) is 24.3 Å². The van der Waals surface area contributed by atoms with Crippen LogP contribution in [-0.4, -0.2) is 69.8 Å². The summed E-state index contributed by atoms with van der Waals surface area (Å²) < 4.78 is 0. The van der Waals surface area contributed by atoms with Gasteiger partial charge in [-0.3, -0.25) is 4.90 Å². The lowest BCUT2D eigenvalue weighted by Gasteiger charge is -2.37. The van der Waals surface area contributed by atoms with Crippen LogP contribution in [-0.2, 0) is 0 Å². The zero-order valence-electron chi connectivity index (χ0n) is 17.3. The molecule has 1 atom stereocenters. The van der Waals surface area contributed by atoms with Crippen LogP contribution in [0.5, 0.6) is 0 Å². The van der Waals surface area contributed by atoms with Crippen molar-refractivity contribution in [1.29, 1.82) is 0 Å². The van der Waals surface area contributed by atoms with Gasteiger partial charge in [0.25, 0.3) is 0 Å². The number of nitrogens with zero attached hydrogens (tertiary/aromatic N) is 2. The Morgan fingerprint density at radius 1 is 0.893 bits per heavy atom. The third-order valence-corrected chi connectivity index (χ3v) is 7.75. The molecule has 0 radical (unpaired) electrons. The molecular formula is C23H37N5. The van der Waals surface area contributed by atoms with Crippen LogP contribution in [0.2, 0.25) is 0 Å². The average molecular weight is 384 g/mol. The fourth-order valence-corrected chi connectivity index (χ4v) is 5.70. The number of anilines is 2. The zero-order valence-corrected chi connectivity index (χ0v) is 17.3. The van der Waals surface area contributed by atoms with Crippen molar-refractivity contribution < 1.29 is 0 Å². The number of hydrogen-bond donors (Lipinski definition) is 3. The van der Waals surface area contributed by atoms with Gasteiger partial charge in [-0.2, -0.15) is 0 Å². The third-order valence-electron chi connectivity index (χ3n) is 7.75. The van der Waals surface area contributed by atoms with E-state index in [-0.39, 0.29) is 0 Å². The Labute approximate surface area is 170 Å². The monoisotopic (exact) mass is 383 g/mol. The van der Waals surface area contributed by atoms with Crippen LogP contribution < -0.4 is 20.9 Å². The Bertz CT molecular complexity index is 625. The highest BCUT2D eigenvalue weighted by atomic mass is 15.3. The minimum Gasteiger partial charge on any atom is -0.382 e. The molecule has 1 aromatic carbocycles. The van der Waals surface area contributed by atoms with Crippen LogP contribution >= 0.6 is 0 Å². The van der Waals surface area contributed by atoms with Gasteiger partial charge in [0.2, 0.25) is 0 Å². The van der Waals surface area contributed by atoms with Crippen LogP contribution in [0, 0.1) is 11.3 Å². The second-order valence-corrected chi connectivity index (χ2v) is 9.52. The van der Waals surface area contributed by atoms with Crippen LogP contribution in [0.4, 0.5) is 11.4 Å². The molecule has 3 aliphatic heterocycles. The molecule has 0 amide bonds. The maximum Gasteiger partial charge on any atom is 0.0368 e. The van der Waals surface area contributed by atoms with Gasteiger partial charge in [0.05, 0.1) is 0 Å². The maximum absolute atomic E-state index is 3.70. The molecule has 1 unspecified atom stereocenters. The van der Waals surface area contributed by atoms with Gasteiger partial charge >= 0.3 is 0 Å². The average Bonchev–Trinajstić information content (AvgIpc) is 3.40. The zero-order chi connectivity index (χ0) is 18.8. The number of piperidine rings is 2. The molecule has 3 N–H and O–H groups in total. The lowest BCUT2D eigenvalue weighted by Crippen LogP contribution is -2.47. The van der Waals surface area contributed by atoms with Crippen molar-refractivity contribution in [3.8, 4) is 0 Å². The largest absolute Gasteiger partial charge is 0.382 e. The molecule has 1 spiro atoms. The number of hydrogen-bond acceptors (Lipinski definition) is 5. The first-order valence-corrected chi connectivity index (χ1v) is 11.6. The van der Waals surface area contributed by atoms with Crippen molar-refractivity contribution in [2.45, 2.75) is 38.1 Å². The molecule has 0 bridgehead atoms. The smallest absolute Gasteiger partial charge is 0.0368 e. The van der Waals surface area contributed by atoms with Crippen molar-refractivity contribution in [2.24, 2.45) is 11.3 Å². The van der Waals surface area contributed by atoms with E-state index in [4.69, 9.17) is 0 Å². The first-order chi connectivity index (χ1) is 13.8. The molecule has 5 rings (SSSR count). The molecule has 3 heterocycles. The summed E-state index contributed by atoms with van der Waals surface area (Å²) in [5.74, 6) is 0.974. The number of benzene rings is 1. The second kappa shape index (κ2) is 8.21. The van der Waals surface area contributed by atoms with Crippen molar-refractivity contribution in [1.82, 2.24) is 15.5 Å². The summed E-state index contributed by atoms with van der Waals surface area (Å²) in [5.41, 5.74) is 3.38. The van der Waals surface area contributed by atoms with E-state index in [1.54, 1.807) is 0 Å². The standard InChI is InChI=1S/C23H37N5/c1-3-22(4-2-20(1)26-21-5-9-24-10-6-21)28-15-13-27(14-16-28)18-19-17-23(19)7-11-25-12-8-23/h1-4,19,21,24-26H,5-18H2. The summed E-state index contributed by atoms with van der Waals surface area (Å²) in [4.78, 5) is 5.29. The predicted molar refractivity (Wildman–Crippen MR) is 117 cm³/mol. The van der Waals surface area contributed by atoms with Gasteiger partial charge in [-0.1, -0.05) is 0 Å². The fourth-order valence-electron chi connectivity index (χ4n) is 5.70. The normalized spacial score (nSPS) is 28.4. The molecule has 28 heavy (non-hydrogen) atoms. The van der Waals surface area contributed by atoms with E-state index in [9.17, 15) is 0 Å². The van der Waals surface area contributed by atoms with Crippen LogP contribution in [0.3, 0.4) is 0 Å². The van der Waals surface area contributed by atoms with Gasteiger partial charge in [-0.25, -0.2) is 0 Å². The third kappa shape index (κ3) is 4.17. The fraction of sp³-hybridized carbons (Fsp3) is 0.739. The summed E-state index contributed by atoms with van der Waals surface area (Å²) >= 11 is 0. The molecule has 1 aliphatic carbocycles. The highest BCUT2D eigenvalue weighted by Gasteiger charge is 2.53. The molecule has 4 aliphatic rings. The van der Waals surface area contributed by atoms with E-state index in [0.717, 1.165) is 24.4 Å². The van der Waals surface area contributed by atoms with Gasteiger partial charge in [-0.05, 0) is 93.9 Å². The van der Waals surface area contributed by atoms with Gasteiger partial charge in [-0.15, -0.1) is 0 Å². The summed E-state index contributed by atoms with van der Waals surface area (Å²) in [7, 11) is 0. The SMILES string of the molecule is c1cc(N2CCN(CC3CC34CCNCC4)CC2)ccc1NC1CCNCC1. The maximum atomic E-state index is 3.70. The Hall–Kier alpha value is -1.30. The van der Waals surface area contributed by atoms with Crippen LogP contribution in [0.1, 0.15) is 32.1 Å². The summed E-state index contributed by atoms with van der Waals surface area (Å²) in [6, 6.07) is 9.79. The van der Waals surface area contributed by atoms with Gasteiger partial charge in [0, 0.05) is 50.1 Å². The van der Waals surface area contributed by atoms with Crippen molar-refractivity contribution in [2.75, 3.05) is 69.1 Å². The van der Waals surface area contributed by atoms with E-state index in [1.807, 2.05) is 0 Å². The number of rotatable bonds is 5. The molecule has 0 aromatic heterocycles. The van der Waals surface area contributed by atoms with E-state index < -0.39 is 0 Å². The van der Waals surface area contributed by atoms with E-state index in [1.165, 1.54) is 89.3 Å². The summed E-state index contributed by atoms with van der Waals surface area (Å²) in [6.07, 6.45) is 6.76. The highest BCUT2D eigenvalue weighted by Crippen LogP contribution is 2.58. The molecule has 1 saturated carbocycles. The number of nitrogens with one attached hydrogen (secondary N) is 3. The summed E-state index contributed by atoms with van der Waals surface area (Å²) in [5, 5.41) is 10.7. The molecule has 154 valence electrons. The Morgan fingerprint density at radius 2 is 1.57 bits per heavy atom. The molecule has 5 heteroatoms. The predicted octanol–water partition coefficient (Wildman–Crippen LogP) is 2.36. The van der Waals surface area contributed by atoms with Crippen molar-refractivity contribution in [3.63, 3.8) is 0 Å².